The van der Waals surface area contributed by atoms with E-state index in [2.05, 4.69) is 0 Å². The van der Waals surface area contributed by atoms with E-state index in [9.17, 15) is 9.59 Å². The lowest BCUT2D eigenvalue weighted by Crippen LogP contribution is -2.62. The molecule has 0 radical (unpaired) electrons. The van der Waals surface area contributed by atoms with Gasteiger partial charge in [0.25, 0.3) is 11.8 Å². The fourth-order valence-corrected chi connectivity index (χ4v) is 3.91. The zero-order chi connectivity index (χ0) is 20.6. The van der Waals surface area contributed by atoms with Crippen molar-refractivity contribution in [3.63, 3.8) is 0 Å². The molecule has 4 nitrogen and oxygen atoms in total. The summed E-state index contributed by atoms with van der Waals surface area (Å²) in [6, 6.07) is 25.0. The van der Waals surface area contributed by atoms with Gasteiger partial charge < -0.3 is 4.90 Å². The average molecular weight is 384 g/mol. The molecule has 0 N–H and O–H groups in total. The summed E-state index contributed by atoms with van der Waals surface area (Å²) in [6.07, 6.45) is 0. The van der Waals surface area contributed by atoms with Crippen molar-refractivity contribution in [3.8, 4) is 0 Å². The first-order valence-electron chi connectivity index (χ1n) is 9.76. The summed E-state index contributed by atoms with van der Waals surface area (Å²) in [5, 5.41) is 0. The van der Waals surface area contributed by atoms with E-state index in [1.54, 1.807) is 15.9 Å². The van der Waals surface area contributed by atoms with E-state index < -0.39 is 5.54 Å². The molecule has 0 aliphatic carbocycles. The van der Waals surface area contributed by atoms with Gasteiger partial charge in [0, 0.05) is 5.56 Å². The highest BCUT2D eigenvalue weighted by Gasteiger charge is 2.47. The summed E-state index contributed by atoms with van der Waals surface area (Å²) in [5.41, 5.74) is 3.13. The quantitative estimate of drug-likeness (QED) is 0.640. The average Bonchev–Trinajstić information content (AvgIpc) is 2.72. The van der Waals surface area contributed by atoms with Gasteiger partial charge in [-0.05, 0) is 50.6 Å². The summed E-state index contributed by atoms with van der Waals surface area (Å²) >= 11 is 0. The minimum Gasteiger partial charge on any atom is -0.304 e. The Balaban J connectivity index is 1.82. The van der Waals surface area contributed by atoms with Gasteiger partial charge in [0.15, 0.2) is 0 Å². The summed E-state index contributed by atoms with van der Waals surface area (Å²) in [5.74, 6) is -0.264. The Hall–Kier alpha value is -3.40. The summed E-state index contributed by atoms with van der Waals surface area (Å²) in [7, 11) is 0. The Labute approximate surface area is 171 Å². The molecule has 1 heterocycles. The van der Waals surface area contributed by atoms with Crippen molar-refractivity contribution in [1.82, 2.24) is 0 Å². The molecule has 0 saturated carbocycles. The molecule has 4 heteroatoms. The number of amides is 2. The molecule has 0 aromatic heterocycles. The Bertz CT molecular complexity index is 1070. The lowest BCUT2D eigenvalue weighted by atomic mass is 9.92. The number of carbonyl (C=O) groups excluding carboxylic acids is 2. The van der Waals surface area contributed by atoms with Crippen LogP contribution in [-0.2, 0) is 11.3 Å². The molecule has 3 aromatic carbocycles. The number of carbonyl (C=O) groups is 2. The van der Waals surface area contributed by atoms with Crippen molar-refractivity contribution in [1.29, 1.82) is 0 Å². The van der Waals surface area contributed by atoms with Crippen LogP contribution in [0.4, 0.5) is 11.4 Å². The fourth-order valence-electron chi connectivity index (χ4n) is 3.91. The van der Waals surface area contributed by atoms with Gasteiger partial charge in [-0.2, -0.15) is 0 Å². The molecular formula is C25H24N2O2. The van der Waals surface area contributed by atoms with Crippen LogP contribution >= 0.6 is 0 Å². The van der Waals surface area contributed by atoms with Crippen molar-refractivity contribution in [2.24, 2.45) is 0 Å². The predicted molar refractivity (Wildman–Crippen MR) is 116 cm³/mol. The number of para-hydroxylation sites is 2. The Morgan fingerprint density at radius 2 is 1.52 bits per heavy atom. The van der Waals surface area contributed by atoms with Crippen LogP contribution in [0.5, 0.6) is 0 Å². The third kappa shape index (κ3) is 3.31. The largest absolute Gasteiger partial charge is 0.304 e. The topological polar surface area (TPSA) is 40.6 Å². The van der Waals surface area contributed by atoms with Crippen molar-refractivity contribution >= 4 is 23.2 Å². The monoisotopic (exact) mass is 384 g/mol. The lowest BCUT2D eigenvalue weighted by molar-refractivity contribution is -0.123. The van der Waals surface area contributed by atoms with Crippen LogP contribution in [0.25, 0.3) is 0 Å². The molecule has 2 amide bonds. The number of aryl methyl sites for hydroxylation is 1. The molecular weight excluding hydrogens is 360 g/mol. The number of benzene rings is 3. The predicted octanol–water partition coefficient (Wildman–Crippen LogP) is 4.97. The summed E-state index contributed by atoms with van der Waals surface area (Å²) < 4.78 is 0. The zero-order valence-electron chi connectivity index (χ0n) is 16.9. The fraction of sp³-hybridized carbons (Fsp3) is 0.200. The van der Waals surface area contributed by atoms with Crippen molar-refractivity contribution in [3.05, 3.63) is 95.6 Å². The molecule has 1 aliphatic rings. The van der Waals surface area contributed by atoms with Crippen molar-refractivity contribution < 1.29 is 9.59 Å². The van der Waals surface area contributed by atoms with Crippen LogP contribution in [0.3, 0.4) is 0 Å². The van der Waals surface area contributed by atoms with Crippen LogP contribution in [0.2, 0.25) is 0 Å². The molecule has 0 bridgehead atoms. The van der Waals surface area contributed by atoms with Crippen LogP contribution < -0.4 is 9.80 Å². The van der Waals surface area contributed by atoms with Crippen LogP contribution in [0.15, 0.2) is 78.9 Å². The normalized spacial score (nSPS) is 15.2. The van der Waals surface area contributed by atoms with Crippen molar-refractivity contribution in [2.45, 2.75) is 32.9 Å². The molecule has 4 rings (SSSR count). The number of hydrogen-bond donors (Lipinski definition) is 0. The van der Waals surface area contributed by atoms with Gasteiger partial charge in [0.1, 0.15) is 5.54 Å². The summed E-state index contributed by atoms with van der Waals surface area (Å²) in [4.78, 5) is 30.5. The lowest BCUT2D eigenvalue weighted by Gasteiger charge is -2.46. The van der Waals surface area contributed by atoms with Crippen LogP contribution in [-0.4, -0.2) is 17.4 Å². The molecule has 0 fully saturated rings. The highest BCUT2D eigenvalue weighted by atomic mass is 16.2. The van der Waals surface area contributed by atoms with E-state index in [4.69, 9.17) is 0 Å². The van der Waals surface area contributed by atoms with Gasteiger partial charge in [0.05, 0.1) is 17.9 Å². The van der Waals surface area contributed by atoms with Gasteiger partial charge in [-0.15, -0.1) is 0 Å². The Morgan fingerprint density at radius 1 is 0.862 bits per heavy atom. The highest BCUT2D eigenvalue weighted by Crippen LogP contribution is 2.42. The maximum Gasteiger partial charge on any atom is 0.259 e. The molecule has 0 atom stereocenters. The SMILES string of the molecule is Cc1cccc(C(=O)N2c3ccccc3N(Cc3ccccc3)C(=O)C2(C)C)c1. The number of nitrogens with zero attached hydrogens (tertiary/aromatic N) is 2. The van der Waals surface area contributed by atoms with Crippen molar-refractivity contribution in [2.75, 3.05) is 9.80 Å². The van der Waals surface area contributed by atoms with Crippen LogP contribution in [0, 0.1) is 6.92 Å². The smallest absolute Gasteiger partial charge is 0.259 e. The number of hydrogen-bond acceptors (Lipinski definition) is 2. The Kier molecular flexibility index (Phi) is 4.71. The number of fused-ring (bicyclic) bond motifs is 1. The van der Waals surface area contributed by atoms with Gasteiger partial charge >= 0.3 is 0 Å². The molecule has 3 aromatic rings. The molecule has 0 spiro atoms. The highest BCUT2D eigenvalue weighted by molar-refractivity contribution is 6.19. The molecule has 0 unspecified atom stereocenters. The maximum atomic E-state index is 13.6. The zero-order valence-corrected chi connectivity index (χ0v) is 16.9. The molecule has 0 saturated heterocycles. The molecule has 29 heavy (non-hydrogen) atoms. The Morgan fingerprint density at radius 3 is 2.21 bits per heavy atom. The third-order valence-corrected chi connectivity index (χ3v) is 5.39. The minimum atomic E-state index is -1.01. The van der Waals surface area contributed by atoms with E-state index in [1.165, 1.54) is 0 Å². The van der Waals surface area contributed by atoms with Gasteiger partial charge in [-0.3, -0.25) is 14.5 Å². The first kappa shape index (κ1) is 18.9. The second-order valence-electron chi connectivity index (χ2n) is 7.93. The van der Waals surface area contributed by atoms with E-state index in [-0.39, 0.29) is 11.8 Å². The standard InChI is InChI=1S/C25H24N2O2/c1-18-10-9-13-20(16-18)23(28)27-22-15-8-7-14-21(22)26(24(29)25(27,2)3)17-19-11-5-4-6-12-19/h4-16H,17H2,1-3H3. The first-order chi connectivity index (χ1) is 13.9. The third-order valence-electron chi connectivity index (χ3n) is 5.39. The van der Waals surface area contributed by atoms with E-state index in [1.807, 2.05) is 93.6 Å². The van der Waals surface area contributed by atoms with Crippen LogP contribution in [0.1, 0.15) is 35.3 Å². The van der Waals surface area contributed by atoms with E-state index in [0.717, 1.165) is 22.5 Å². The maximum absolute atomic E-state index is 13.6. The number of rotatable bonds is 3. The van der Waals surface area contributed by atoms with E-state index >= 15 is 0 Å². The first-order valence-corrected chi connectivity index (χ1v) is 9.76. The minimum absolute atomic E-state index is 0.0962. The second-order valence-corrected chi connectivity index (χ2v) is 7.93. The molecule has 1 aliphatic heterocycles. The number of anilines is 2. The molecule has 146 valence electrons. The van der Waals surface area contributed by atoms with Gasteiger partial charge in [-0.1, -0.05) is 60.2 Å². The van der Waals surface area contributed by atoms with E-state index in [0.29, 0.717) is 12.1 Å². The van der Waals surface area contributed by atoms with Gasteiger partial charge in [0.2, 0.25) is 0 Å². The van der Waals surface area contributed by atoms with Gasteiger partial charge in [-0.25, -0.2) is 0 Å². The second kappa shape index (κ2) is 7.21. The summed E-state index contributed by atoms with van der Waals surface area (Å²) in [6.45, 7) is 6.05.